The van der Waals surface area contributed by atoms with Crippen LogP contribution in [0.25, 0.3) is 0 Å². The number of nitrogens with zero attached hydrogens (tertiary/aromatic N) is 3. The maximum atomic E-state index is 12.5. The van der Waals surface area contributed by atoms with Crippen LogP contribution in [0.1, 0.15) is 70.0 Å². The Balaban J connectivity index is 1.46. The highest BCUT2D eigenvalue weighted by atomic mass is 35.5. The molecule has 0 atom stereocenters. The van der Waals surface area contributed by atoms with Crippen molar-refractivity contribution < 1.29 is 18.8 Å². The third-order valence-electron chi connectivity index (χ3n) is 5.95. The number of hydrogen-bond donors (Lipinski definition) is 1. The van der Waals surface area contributed by atoms with E-state index in [-0.39, 0.29) is 18.2 Å². The van der Waals surface area contributed by atoms with Gasteiger partial charge >= 0.3 is 0 Å². The van der Waals surface area contributed by atoms with Gasteiger partial charge in [-0.15, -0.1) is 0 Å². The van der Waals surface area contributed by atoms with Gasteiger partial charge in [-0.3, -0.25) is 9.59 Å². The molecule has 0 bridgehead atoms. The predicted octanol–water partition coefficient (Wildman–Crippen LogP) is 4.27. The van der Waals surface area contributed by atoms with Crippen molar-refractivity contribution in [1.29, 1.82) is 0 Å². The maximum absolute atomic E-state index is 12.5. The van der Waals surface area contributed by atoms with E-state index in [1.54, 1.807) is 24.1 Å². The van der Waals surface area contributed by atoms with E-state index in [2.05, 4.69) is 15.5 Å². The van der Waals surface area contributed by atoms with Gasteiger partial charge in [-0.05, 0) is 37.5 Å². The lowest BCUT2D eigenvalue weighted by Crippen LogP contribution is -2.45. The minimum absolute atomic E-state index is 0.00328. The van der Waals surface area contributed by atoms with Crippen molar-refractivity contribution in [1.82, 2.24) is 20.4 Å². The number of nitrogens with one attached hydrogen (secondary N) is 1. The zero-order valence-corrected chi connectivity index (χ0v) is 20.2. The molecule has 0 saturated heterocycles. The molecule has 33 heavy (non-hydrogen) atoms. The Morgan fingerprint density at radius 2 is 2.00 bits per heavy atom. The highest BCUT2D eigenvalue weighted by Gasteiger charge is 2.38. The molecule has 1 fully saturated rings. The zero-order chi connectivity index (χ0) is 23.7. The van der Waals surface area contributed by atoms with E-state index >= 15 is 0 Å². The minimum atomic E-state index is -0.576. The van der Waals surface area contributed by atoms with Crippen molar-refractivity contribution >= 4 is 23.4 Å². The quantitative estimate of drug-likeness (QED) is 0.406. The van der Waals surface area contributed by atoms with Crippen LogP contribution in [0, 0.1) is 0 Å². The third kappa shape index (κ3) is 7.45. The monoisotopic (exact) mass is 476 g/mol. The van der Waals surface area contributed by atoms with Crippen LogP contribution < -0.4 is 10.1 Å². The molecule has 1 aromatic carbocycles. The van der Waals surface area contributed by atoms with Crippen molar-refractivity contribution in [3.05, 3.63) is 41.0 Å². The lowest BCUT2D eigenvalue weighted by Gasteiger charge is -2.30. The van der Waals surface area contributed by atoms with Crippen molar-refractivity contribution in [2.75, 3.05) is 20.2 Å². The van der Waals surface area contributed by atoms with Gasteiger partial charge in [-0.25, -0.2) is 0 Å². The number of amides is 2. The third-order valence-corrected chi connectivity index (χ3v) is 6.18. The van der Waals surface area contributed by atoms with Crippen LogP contribution in [0.3, 0.4) is 0 Å². The molecule has 0 radical (unpaired) electrons. The van der Waals surface area contributed by atoms with E-state index in [1.165, 1.54) is 6.92 Å². The first kappa shape index (κ1) is 25.0. The highest BCUT2D eigenvalue weighted by Crippen LogP contribution is 2.34. The molecule has 0 unspecified atom stereocenters. The topological polar surface area (TPSA) is 97.6 Å². The van der Waals surface area contributed by atoms with Crippen molar-refractivity contribution in [3.63, 3.8) is 0 Å². The molecule has 3 rings (SSSR count). The van der Waals surface area contributed by atoms with E-state index in [4.69, 9.17) is 20.9 Å². The minimum Gasteiger partial charge on any atom is -0.493 e. The summed E-state index contributed by atoms with van der Waals surface area (Å²) in [5.41, 5.74) is -0.576. The average molecular weight is 477 g/mol. The van der Waals surface area contributed by atoms with E-state index < -0.39 is 5.54 Å². The second-order valence-electron chi connectivity index (χ2n) is 8.66. The average Bonchev–Trinajstić information content (AvgIpc) is 3.14. The molecule has 1 heterocycles. The van der Waals surface area contributed by atoms with Gasteiger partial charge in [0.05, 0.1) is 6.61 Å². The fourth-order valence-corrected chi connectivity index (χ4v) is 4.38. The van der Waals surface area contributed by atoms with Crippen LogP contribution in [-0.2, 0) is 21.5 Å². The molecule has 1 aliphatic carbocycles. The first-order valence-corrected chi connectivity index (χ1v) is 12.0. The van der Waals surface area contributed by atoms with Gasteiger partial charge in [-0.1, -0.05) is 48.5 Å². The normalized spacial score (nSPS) is 15.5. The molecule has 1 saturated carbocycles. The molecule has 1 aromatic heterocycles. The summed E-state index contributed by atoms with van der Waals surface area (Å²) in [5.74, 6) is 1.57. The number of benzene rings is 1. The van der Waals surface area contributed by atoms with Crippen LogP contribution in [0.15, 0.2) is 28.8 Å². The molecule has 9 heteroatoms. The van der Waals surface area contributed by atoms with Gasteiger partial charge in [-0.2, -0.15) is 4.98 Å². The summed E-state index contributed by atoms with van der Waals surface area (Å²) in [7, 11) is 1.78. The van der Waals surface area contributed by atoms with E-state index in [1.807, 2.05) is 12.1 Å². The summed E-state index contributed by atoms with van der Waals surface area (Å²) in [6.45, 7) is 2.60. The Kier molecular flexibility index (Phi) is 9.11. The van der Waals surface area contributed by atoms with Crippen LogP contribution in [0.2, 0.25) is 5.02 Å². The molecule has 180 valence electrons. The van der Waals surface area contributed by atoms with Crippen LogP contribution in [-0.4, -0.2) is 47.1 Å². The second kappa shape index (κ2) is 12.0. The fourth-order valence-electron chi connectivity index (χ4n) is 4.20. The Morgan fingerprint density at radius 1 is 1.24 bits per heavy atom. The summed E-state index contributed by atoms with van der Waals surface area (Å²) < 4.78 is 11.1. The van der Waals surface area contributed by atoms with E-state index in [0.717, 1.165) is 44.3 Å². The van der Waals surface area contributed by atoms with Gasteiger partial charge < -0.3 is 19.5 Å². The SMILES string of the molecule is CC(=O)NC1(c2noc(CCC(=O)N(C)CCCOc3cccc(Cl)c3)n2)CCCCCC1. The van der Waals surface area contributed by atoms with Crippen molar-refractivity contribution in [3.8, 4) is 5.75 Å². The van der Waals surface area contributed by atoms with Gasteiger partial charge in [0.2, 0.25) is 17.7 Å². The molecule has 0 spiro atoms. The summed E-state index contributed by atoms with van der Waals surface area (Å²) in [5, 5.41) is 7.88. The summed E-state index contributed by atoms with van der Waals surface area (Å²) in [6, 6.07) is 7.25. The van der Waals surface area contributed by atoms with Gasteiger partial charge in [0.1, 0.15) is 11.3 Å². The smallest absolute Gasteiger partial charge is 0.227 e. The lowest BCUT2D eigenvalue weighted by molar-refractivity contribution is -0.130. The lowest BCUT2D eigenvalue weighted by atomic mass is 9.89. The van der Waals surface area contributed by atoms with E-state index in [9.17, 15) is 9.59 Å². The summed E-state index contributed by atoms with van der Waals surface area (Å²) in [4.78, 5) is 30.6. The number of carbonyl (C=O) groups is 2. The first-order chi connectivity index (χ1) is 15.9. The molecule has 1 aliphatic rings. The fraction of sp³-hybridized carbons (Fsp3) is 0.583. The number of aryl methyl sites for hydroxylation is 1. The van der Waals surface area contributed by atoms with Crippen LogP contribution in [0.5, 0.6) is 5.75 Å². The largest absolute Gasteiger partial charge is 0.493 e. The summed E-state index contributed by atoms with van der Waals surface area (Å²) in [6.07, 6.45) is 7.23. The molecule has 8 nitrogen and oxygen atoms in total. The number of carbonyl (C=O) groups excluding carboxylic acids is 2. The van der Waals surface area contributed by atoms with Gasteiger partial charge in [0, 0.05) is 38.4 Å². The van der Waals surface area contributed by atoms with Crippen LogP contribution >= 0.6 is 11.6 Å². The Labute approximate surface area is 200 Å². The Morgan fingerprint density at radius 3 is 2.70 bits per heavy atom. The van der Waals surface area contributed by atoms with Crippen molar-refractivity contribution in [2.24, 2.45) is 0 Å². The zero-order valence-electron chi connectivity index (χ0n) is 19.4. The Hall–Kier alpha value is -2.61. The number of ether oxygens (including phenoxy) is 1. The van der Waals surface area contributed by atoms with Crippen LogP contribution in [0.4, 0.5) is 0 Å². The molecule has 0 aliphatic heterocycles. The second-order valence-corrected chi connectivity index (χ2v) is 9.10. The van der Waals surface area contributed by atoms with Gasteiger partial charge in [0.25, 0.3) is 0 Å². The molecule has 2 aromatic rings. The first-order valence-electron chi connectivity index (χ1n) is 11.6. The maximum Gasteiger partial charge on any atom is 0.227 e. The summed E-state index contributed by atoms with van der Waals surface area (Å²) >= 11 is 5.95. The number of halogens is 1. The Bertz CT molecular complexity index is 925. The van der Waals surface area contributed by atoms with E-state index in [0.29, 0.717) is 42.7 Å². The molecular weight excluding hydrogens is 444 g/mol. The molecule has 2 amide bonds. The number of hydrogen-bond acceptors (Lipinski definition) is 6. The molecular formula is C24H33ClN4O4. The number of aromatic nitrogens is 2. The molecule has 1 N–H and O–H groups in total. The van der Waals surface area contributed by atoms with Crippen molar-refractivity contribution in [2.45, 2.75) is 70.3 Å². The number of rotatable bonds is 10. The highest BCUT2D eigenvalue weighted by molar-refractivity contribution is 6.30. The standard InChI is InChI=1S/C24H33ClN4O4/c1-18(30)27-24(13-5-3-4-6-14-24)23-26-21(33-28-23)11-12-22(31)29(2)15-8-16-32-20-10-7-9-19(25)17-20/h7,9-10,17H,3-6,8,11-16H2,1-2H3,(H,27,30). The van der Waals surface area contributed by atoms with Gasteiger partial charge in [0.15, 0.2) is 5.82 Å². The predicted molar refractivity (Wildman–Crippen MR) is 125 cm³/mol.